The molecule has 1 aliphatic carbocycles. The summed E-state index contributed by atoms with van der Waals surface area (Å²) in [5.41, 5.74) is 2.72. The second kappa shape index (κ2) is 4.14. The van der Waals surface area contributed by atoms with Crippen LogP contribution in [0.15, 0.2) is 46.4 Å². The van der Waals surface area contributed by atoms with Crippen LogP contribution < -0.4 is 0 Å². The fourth-order valence-electron chi connectivity index (χ4n) is 2.05. The van der Waals surface area contributed by atoms with Crippen molar-refractivity contribution in [3.8, 4) is 0 Å². The minimum absolute atomic E-state index is 0.118. The maximum atomic E-state index is 12.1. The first-order valence-corrected chi connectivity index (χ1v) is 6.40. The molecule has 1 aromatic heterocycles. The number of hydrogen-bond donors (Lipinski definition) is 0. The Bertz CT molecular complexity index is 623. The highest BCUT2D eigenvalue weighted by molar-refractivity contribution is 14.1. The predicted octanol–water partition coefficient (Wildman–Crippen LogP) is 3.71. The Labute approximate surface area is 112 Å². The minimum Gasteiger partial charge on any atom is -0.451 e. The van der Waals surface area contributed by atoms with E-state index in [0.29, 0.717) is 6.42 Å². The molecule has 0 fully saturated rings. The molecule has 0 saturated carbocycles. The molecule has 0 N–H and O–H groups in total. The molecule has 0 spiro atoms. The zero-order valence-corrected chi connectivity index (χ0v) is 11.1. The van der Waals surface area contributed by atoms with Gasteiger partial charge in [0.05, 0.1) is 0 Å². The Hall–Kier alpha value is -1.36. The SMILES string of the molecule is O=C1/C(=C/c2ccc(I)o2)Cc2ccccc21. The fourth-order valence-corrected chi connectivity index (χ4v) is 2.48. The lowest BCUT2D eigenvalue weighted by atomic mass is 10.1. The number of benzene rings is 1. The largest absolute Gasteiger partial charge is 0.451 e. The van der Waals surface area contributed by atoms with Crippen molar-refractivity contribution < 1.29 is 9.21 Å². The summed E-state index contributed by atoms with van der Waals surface area (Å²) in [6.07, 6.45) is 2.54. The van der Waals surface area contributed by atoms with Crippen LogP contribution in [0, 0.1) is 3.77 Å². The number of furan rings is 1. The summed E-state index contributed by atoms with van der Waals surface area (Å²) in [6.45, 7) is 0. The number of carbonyl (C=O) groups excluding carboxylic acids is 1. The first-order chi connectivity index (χ1) is 8.24. The second-order valence-electron chi connectivity index (χ2n) is 3.97. The molecule has 2 nitrogen and oxygen atoms in total. The first kappa shape index (κ1) is 10.8. The van der Waals surface area contributed by atoms with Crippen LogP contribution in [0.5, 0.6) is 0 Å². The van der Waals surface area contributed by atoms with E-state index in [9.17, 15) is 4.79 Å². The van der Waals surface area contributed by atoms with Crippen LogP contribution in [-0.2, 0) is 6.42 Å². The lowest BCUT2D eigenvalue weighted by molar-refractivity contribution is 0.104. The lowest BCUT2D eigenvalue weighted by Gasteiger charge is -1.92. The number of Topliss-reactive ketones (excluding diaryl/α,β-unsaturated/α-hetero) is 1. The molecule has 3 heteroatoms. The van der Waals surface area contributed by atoms with Crippen LogP contribution in [0.4, 0.5) is 0 Å². The topological polar surface area (TPSA) is 30.2 Å². The van der Waals surface area contributed by atoms with Gasteiger partial charge < -0.3 is 4.42 Å². The summed E-state index contributed by atoms with van der Waals surface area (Å²) in [6, 6.07) is 11.5. The Balaban J connectivity index is 1.99. The molecular weight excluding hydrogens is 327 g/mol. The highest BCUT2D eigenvalue weighted by atomic mass is 127. The van der Waals surface area contributed by atoms with E-state index in [0.717, 1.165) is 26.2 Å². The van der Waals surface area contributed by atoms with Crippen molar-refractivity contribution >= 4 is 34.5 Å². The monoisotopic (exact) mass is 336 g/mol. The van der Waals surface area contributed by atoms with Crippen molar-refractivity contribution in [2.24, 2.45) is 0 Å². The number of rotatable bonds is 1. The third-order valence-corrected chi connectivity index (χ3v) is 3.42. The molecule has 3 rings (SSSR count). The van der Waals surface area contributed by atoms with Crippen LogP contribution in [0.3, 0.4) is 0 Å². The molecule has 0 bridgehead atoms. The van der Waals surface area contributed by atoms with Gasteiger partial charge in [-0.1, -0.05) is 24.3 Å². The van der Waals surface area contributed by atoms with Crippen molar-refractivity contribution in [3.05, 3.63) is 62.6 Å². The smallest absolute Gasteiger partial charge is 0.189 e. The summed E-state index contributed by atoms with van der Waals surface area (Å²) >= 11 is 2.11. The van der Waals surface area contributed by atoms with Crippen molar-refractivity contribution in [2.45, 2.75) is 6.42 Å². The van der Waals surface area contributed by atoms with Crippen molar-refractivity contribution in [1.29, 1.82) is 0 Å². The van der Waals surface area contributed by atoms with Gasteiger partial charge in [0.15, 0.2) is 9.55 Å². The molecular formula is C14H9IO2. The summed E-state index contributed by atoms with van der Waals surface area (Å²) in [7, 11) is 0. The van der Waals surface area contributed by atoms with Gasteiger partial charge in [-0.2, -0.15) is 0 Å². The van der Waals surface area contributed by atoms with Crippen LogP contribution in [0.2, 0.25) is 0 Å². The van der Waals surface area contributed by atoms with Gasteiger partial charge in [0, 0.05) is 17.6 Å². The van der Waals surface area contributed by atoms with Crippen LogP contribution in [0.25, 0.3) is 6.08 Å². The highest BCUT2D eigenvalue weighted by Crippen LogP contribution is 2.27. The molecule has 0 unspecified atom stereocenters. The van der Waals surface area contributed by atoms with Gasteiger partial charge in [-0.05, 0) is 46.4 Å². The minimum atomic E-state index is 0.118. The van der Waals surface area contributed by atoms with Crippen molar-refractivity contribution in [3.63, 3.8) is 0 Å². The maximum absolute atomic E-state index is 12.1. The zero-order valence-electron chi connectivity index (χ0n) is 8.94. The third kappa shape index (κ3) is 1.95. The number of halogens is 1. The molecule has 0 radical (unpaired) electrons. The number of fused-ring (bicyclic) bond motifs is 1. The van der Waals surface area contributed by atoms with E-state index >= 15 is 0 Å². The average Bonchev–Trinajstić information content (AvgIpc) is 2.86. The Kier molecular flexibility index (Phi) is 2.63. The standard InChI is InChI=1S/C14H9IO2/c15-13-6-5-11(17-13)8-10-7-9-3-1-2-4-12(9)14(10)16/h1-6,8H,7H2/b10-8+. The van der Waals surface area contributed by atoms with Crippen LogP contribution >= 0.6 is 22.6 Å². The van der Waals surface area contributed by atoms with Gasteiger partial charge in [-0.15, -0.1) is 0 Å². The van der Waals surface area contributed by atoms with Gasteiger partial charge in [-0.3, -0.25) is 4.79 Å². The Morgan fingerprint density at radius 3 is 2.71 bits per heavy atom. The molecule has 0 aliphatic heterocycles. The summed E-state index contributed by atoms with van der Waals surface area (Å²) in [5.74, 6) is 0.859. The van der Waals surface area contributed by atoms with E-state index in [1.54, 1.807) is 0 Å². The molecule has 0 atom stereocenters. The Morgan fingerprint density at radius 2 is 2.00 bits per heavy atom. The van der Waals surface area contributed by atoms with Crippen LogP contribution in [-0.4, -0.2) is 5.78 Å². The van der Waals surface area contributed by atoms with E-state index < -0.39 is 0 Å². The number of ketones is 1. The molecule has 17 heavy (non-hydrogen) atoms. The summed E-state index contributed by atoms with van der Waals surface area (Å²) < 4.78 is 6.28. The fraction of sp³-hybridized carbons (Fsp3) is 0.0714. The van der Waals surface area contributed by atoms with E-state index in [2.05, 4.69) is 22.6 Å². The zero-order chi connectivity index (χ0) is 11.8. The molecule has 0 amide bonds. The maximum Gasteiger partial charge on any atom is 0.189 e. The Morgan fingerprint density at radius 1 is 1.18 bits per heavy atom. The van der Waals surface area contributed by atoms with Gasteiger partial charge in [0.1, 0.15) is 5.76 Å². The molecule has 2 aromatic rings. The summed E-state index contributed by atoms with van der Waals surface area (Å²) in [5, 5.41) is 0. The number of hydrogen-bond acceptors (Lipinski definition) is 2. The van der Waals surface area contributed by atoms with Gasteiger partial charge in [0.2, 0.25) is 0 Å². The normalized spacial score (nSPS) is 16.5. The molecule has 1 aliphatic rings. The third-order valence-electron chi connectivity index (χ3n) is 2.85. The number of allylic oxidation sites excluding steroid dienone is 1. The van der Waals surface area contributed by atoms with Crippen molar-refractivity contribution in [2.75, 3.05) is 0 Å². The van der Waals surface area contributed by atoms with E-state index in [-0.39, 0.29) is 5.78 Å². The quantitative estimate of drug-likeness (QED) is 0.587. The van der Waals surface area contributed by atoms with E-state index in [4.69, 9.17) is 4.42 Å². The van der Waals surface area contributed by atoms with Gasteiger partial charge >= 0.3 is 0 Å². The second-order valence-corrected chi connectivity index (χ2v) is 5.04. The van der Waals surface area contributed by atoms with Gasteiger partial charge in [0.25, 0.3) is 0 Å². The number of carbonyl (C=O) groups is 1. The lowest BCUT2D eigenvalue weighted by Crippen LogP contribution is -1.94. The molecule has 1 aromatic carbocycles. The summed E-state index contributed by atoms with van der Waals surface area (Å²) in [4.78, 5) is 12.1. The predicted molar refractivity (Wildman–Crippen MR) is 73.9 cm³/mol. The molecule has 0 saturated heterocycles. The molecule has 84 valence electrons. The highest BCUT2D eigenvalue weighted by Gasteiger charge is 2.24. The van der Waals surface area contributed by atoms with E-state index in [1.165, 1.54) is 0 Å². The first-order valence-electron chi connectivity index (χ1n) is 5.32. The van der Waals surface area contributed by atoms with Gasteiger partial charge in [-0.25, -0.2) is 0 Å². The van der Waals surface area contributed by atoms with Crippen molar-refractivity contribution in [1.82, 2.24) is 0 Å². The average molecular weight is 336 g/mol. The van der Waals surface area contributed by atoms with Crippen LogP contribution in [0.1, 0.15) is 21.7 Å². The van der Waals surface area contributed by atoms with E-state index in [1.807, 2.05) is 42.5 Å². The molecule has 1 heterocycles.